The molecule has 1 N–H and O–H groups in total. The molecule has 0 spiro atoms. The van der Waals surface area contributed by atoms with Gasteiger partial charge >= 0.3 is 0 Å². The lowest BCUT2D eigenvalue weighted by atomic mass is 10.0. The number of hydrogen-bond acceptors (Lipinski definition) is 6. The molecule has 1 saturated heterocycles. The first-order chi connectivity index (χ1) is 16.0. The Morgan fingerprint density at radius 3 is 2.64 bits per heavy atom. The van der Waals surface area contributed by atoms with Gasteiger partial charge in [-0.2, -0.15) is 0 Å². The van der Waals surface area contributed by atoms with E-state index in [4.69, 9.17) is 9.57 Å². The smallest absolute Gasteiger partial charge is 0.261 e. The number of rotatable bonds is 6. The maximum Gasteiger partial charge on any atom is 0.261 e. The van der Waals surface area contributed by atoms with E-state index in [2.05, 4.69) is 10.5 Å². The summed E-state index contributed by atoms with van der Waals surface area (Å²) in [6, 6.07) is 12.7. The second-order valence-electron chi connectivity index (χ2n) is 8.66. The highest BCUT2D eigenvalue weighted by atomic mass is 16.6. The Hall–Kier alpha value is -3.52. The van der Waals surface area contributed by atoms with Crippen LogP contribution in [-0.4, -0.2) is 60.2 Å². The molecule has 3 aliphatic rings. The molecule has 3 heterocycles. The topological polar surface area (TPSA) is 97.3 Å². The third kappa shape index (κ3) is 4.26. The van der Waals surface area contributed by atoms with Crippen molar-refractivity contribution < 1.29 is 24.0 Å². The molecule has 33 heavy (non-hydrogen) atoms. The Kier molecular flexibility index (Phi) is 5.68. The van der Waals surface area contributed by atoms with Crippen molar-refractivity contribution >= 4 is 23.4 Å². The lowest BCUT2D eigenvalue weighted by Crippen LogP contribution is -2.36. The van der Waals surface area contributed by atoms with Gasteiger partial charge in [-0.05, 0) is 43.5 Å². The Morgan fingerprint density at radius 1 is 1.09 bits per heavy atom. The molecule has 0 aliphatic carbocycles. The molecule has 3 aliphatic heterocycles. The summed E-state index contributed by atoms with van der Waals surface area (Å²) in [4.78, 5) is 44.9. The molecule has 0 unspecified atom stereocenters. The maximum atomic E-state index is 12.8. The van der Waals surface area contributed by atoms with Crippen LogP contribution in [0.2, 0.25) is 0 Å². The van der Waals surface area contributed by atoms with Crippen molar-refractivity contribution in [3.63, 3.8) is 0 Å². The number of nitrogens with one attached hydrogen (secondary N) is 1. The van der Waals surface area contributed by atoms with Crippen molar-refractivity contribution in [2.45, 2.75) is 38.4 Å². The Labute approximate surface area is 191 Å². The standard InChI is InChI=1S/C25H25N3O5/c1-15-4-6-16(7-5-15)22-12-19(33-27-22)13-26-23(29)17-8-9-20-21(11-17)25(31)28(24(20)30)14-18-3-2-10-32-18/h4-9,11,18-19H,2-3,10,12-14H2,1H3,(H,26,29)/t18-,19-/m1/s1. The summed E-state index contributed by atoms with van der Waals surface area (Å²) < 4.78 is 5.56. The van der Waals surface area contributed by atoms with Crippen molar-refractivity contribution in [1.29, 1.82) is 0 Å². The van der Waals surface area contributed by atoms with Gasteiger partial charge < -0.3 is 14.9 Å². The SMILES string of the molecule is Cc1ccc(C2=NO[C@@H](CNC(=O)c3ccc4c(c3)C(=O)N(C[C@H]3CCCO3)C4=O)C2)cc1. The number of amides is 3. The monoisotopic (exact) mass is 447 g/mol. The highest BCUT2D eigenvalue weighted by Crippen LogP contribution is 2.26. The van der Waals surface area contributed by atoms with Crippen LogP contribution < -0.4 is 5.32 Å². The van der Waals surface area contributed by atoms with Gasteiger partial charge in [0.05, 0.1) is 36.0 Å². The number of aryl methyl sites for hydroxylation is 1. The van der Waals surface area contributed by atoms with Gasteiger partial charge in [-0.1, -0.05) is 35.0 Å². The van der Waals surface area contributed by atoms with Crippen molar-refractivity contribution in [2.24, 2.45) is 5.16 Å². The van der Waals surface area contributed by atoms with E-state index in [1.165, 1.54) is 16.5 Å². The maximum absolute atomic E-state index is 12.8. The van der Waals surface area contributed by atoms with Crippen molar-refractivity contribution in [1.82, 2.24) is 10.2 Å². The molecule has 2 aromatic rings. The minimum absolute atomic E-state index is 0.117. The first kappa shape index (κ1) is 21.3. The molecule has 8 heteroatoms. The van der Waals surface area contributed by atoms with E-state index in [9.17, 15) is 14.4 Å². The Morgan fingerprint density at radius 2 is 1.88 bits per heavy atom. The van der Waals surface area contributed by atoms with Gasteiger partial charge in [0, 0.05) is 18.6 Å². The fourth-order valence-corrected chi connectivity index (χ4v) is 4.35. The summed E-state index contributed by atoms with van der Waals surface area (Å²) in [6.07, 6.45) is 1.98. The number of imide groups is 1. The molecular weight excluding hydrogens is 422 g/mol. The molecule has 170 valence electrons. The summed E-state index contributed by atoms with van der Waals surface area (Å²) in [5.74, 6) is -1.05. The molecule has 1 fully saturated rings. The van der Waals surface area contributed by atoms with Crippen LogP contribution in [0, 0.1) is 6.92 Å². The molecule has 8 nitrogen and oxygen atoms in total. The first-order valence-electron chi connectivity index (χ1n) is 11.2. The molecule has 0 saturated carbocycles. The molecule has 2 atom stereocenters. The minimum Gasteiger partial charge on any atom is -0.390 e. The zero-order valence-electron chi connectivity index (χ0n) is 18.4. The number of carbonyl (C=O) groups is 3. The van der Waals surface area contributed by atoms with Gasteiger partial charge in [0.2, 0.25) is 0 Å². The van der Waals surface area contributed by atoms with Crippen molar-refractivity contribution in [3.8, 4) is 0 Å². The molecule has 5 rings (SSSR count). The quantitative estimate of drug-likeness (QED) is 0.687. The van der Waals surface area contributed by atoms with Crippen LogP contribution in [0.25, 0.3) is 0 Å². The van der Waals surface area contributed by atoms with Gasteiger partial charge in [0.1, 0.15) is 6.10 Å². The minimum atomic E-state index is -0.379. The van der Waals surface area contributed by atoms with Gasteiger partial charge in [0.15, 0.2) is 0 Å². The highest BCUT2D eigenvalue weighted by molar-refractivity contribution is 6.22. The van der Waals surface area contributed by atoms with Crippen molar-refractivity contribution in [3.05, 3.63) is 70.3 Å². The third-order valence-electron chi connectivity index (χ3n) is 6.25. The number of oxime groups is 1. The normalized spacial score (nSPS) is 21.7. The summed E-state index contributed by atoms with van der Waals surface area (Å²) in [7, 11) is 0. The van der Waals surface area contributed by atoms with E-state index in [0.29, 0.717) is 24.2 Å². The number of nitrogens with zero attached hydrogens (tertiary/aromatic N) is 2. The average Bonchev–Trinajstić information content (AvgIpc) is 3.56. The average molecular weight is 447 g/mol. The number of carbonyl (C=O) groups excluding carboxylic acids is 3. The van der Waals surface area contributed by atoms with E-state index in [-0.39, 0.29) is 48.6 Å². The van der Waals surface area contributed by atoms with E-state index in [1.54, 1.807) is 12.1 Å². The Bertz CT molecular complexity index is 1140. The molecule has 0 radical (unpaired) electrons. The van der Waals surface area contributed by atoms with Crippen LogP contribution in [-0.2, 0) is 9.57 Å². The number of fused-ring (bicyclic) bond motifs is 1. The summed E-state index contributed by atoms with van der Waals surface area (Å²) in [5.41, 5.74) is 3.93. The van der Waals surface area contributed by atoms with E-state index >= 15 is 0 Å². The second kappa shape index (κ2) is 8.78. The molecular formula is C25H25N3O5. The second-order valence-corrected chi connectivity index (χ2v) is 8.66. The third-order valence-corrected chi connectivity index (χ3v) is 6.25. The van der Waals surface area contributed by atoms with Crippen molar-refractivity contribution in [2.75, 3.05) is 19.7 Å². The van der Waals surface area contributed by atoms with Crippen LogP contribution in [0.15, 0.2) is 47.6 Å². The lowest BCUT2D eigenvalue weighted by molar-refractivity contribution is 0.0475. The predicted molar refractivity (Wildman–Crippen MR) is 120 cm³/mol. The van der Waals surface area contributed by atoms with Crippen LogP contribution >= 0.6 is 0 Å². The predicted octanol–water partition coefficient (Wildman–Crippen LogP) is 2.69. The summed E-state index contributed by atoms with van der Waals surface area (Å²) >= 11 is 0. The van der Waals surface area contributed by atoms with E-state index in [1.807, 2.05) is 31.2 Å². The van der Waals surface area contributed by atoms with Gasteiger partial charge in [-0.15, -0.1) is 0 Å². The molecule has 0 aromatic heterocycles. The van der Waals surface area contributed by atoms with E-state index < -0.39 is 0 Å². The first-order valence-corrected chi connectivity index (χ1v) is 11.2. The van der Waals surface area contributed by atoms with E-state index in [0.717, 1.165) is 24.1 Å². The van der Waals surface area contributed by atoms with Gasteiger partial charge in [0.25, 0.3) is 17.7 Å². The van der Waals surface area contributed by atoms with Crippen LogP contribution in [0.5, 0.6) is 0 Å². The number of hydrogen-bond donors (Lipinski definition) is 1. The number of benzene rings is 2. The molecule has 3 amide bonds. The fraction of sp³-hybridized carbons (Fsp3) is 0.360. The zero-order valence-corrected chi connectivity index (χ0v) is 18.4. The lowest BCUT2D eigenvalue weighted by Gasteiger charge is -2.17. The number of ether oxygens (including phenoxy) is 1. The van der Waals surface area contributed by atoms with Crippen LogP contribution in [0.3, 0.4) is 0 Å². The molecule has 0 bridgehead atoms. The zero-order chi connectivity index (χ0) is 22.9. The molecule has 2 aromatic carbocycles. The van der Waals surface area contributed by atoms with Gasteiger partial charge in [-0.25, -0.2) is 0 Å². The summed E-state index contributed by atoms with van der Waals surface area (Å²) in [6.45, 7) is 3.21. The fourth-order valence-electron chi connectivity index (χ4n) is 4.35. The highest BCUT2D eigenvalue weighted by Gasteiger charge is 2.38. The van der Waals surface area contributed by atoms with Crippen LogP contribution in [0.1, 0.15) is 61.5 Å². The largest absolute Gasteiger partial charge is 0.390 e. The van der Waals surface area contributed by atoms with Crippen LogP contribution in [0.4, 0.5) is 0 Å². The van der Waals surface area contributed by atoms with Gasteiger partial charge in [-0.3, -0.25) is 19.3 Å². The Balaban J connectivity index is 1.19. The summed E-state index contributed by atoms with van der Waals surface area (Å²) in [5, 5.41) is 6.99.